The van der Waals surface area contributed by atoms with Crippen LogP contribution in [0.15, 0.2) is 12.1 Å². The third-order valence-corrected chi connectivity index (χ3v) is 3.03. The molecule has 2 rings (SSSR count). The predicted octanol–water partition coefficient (Wildman–Crippen LogP) is 1.14. The molecule has 1 aromatic carbocycles. The number of anilines is 1. The quantitative estimate of drug-likeness (QED) is 0.740. The number of nitrogens with zero attached hydrogens (tertiary/aromatic N) is 1. The molecule has 0 radical (unpaired) electrons. The molecule has 1 aromatic rings. The van der Waals surface area contributed by atoms with Crippen LogP contribution in [0.25, 0.3) is 0 Å². The fraction of sp³-hybridized carbons (Fsp3) is 0.417. The molecule has 1 heterocycles. The molecule has 1 saturated heterocycles. The van der Waals surface area contributed by atoms with Crippen molar-refractivity contribution in [1.29, 1.82) is 0 Å². The lowest BCUT2D eigenvalue weighted by Gasteiger charge is -2.19. The summed E-state index contributed by atoms with van der Waals surface area (Å²) in [5.41, 5.74) is 3.50. The summed E-state index contributed by atoms with van der Waals surface area (Å²) in [4.78, 5) is 13.3. The molecule has 0 aromatic heterocycles. The number of halogens is 2. The summed E-state index contributed by atoms with van der Waals surface area (Å²) in [5, 5.41) is 9.75. The molecule has 1 amide bonds. The number of β-amino-alcohol motifs (C(OH)–C–C–N with tert-alkyl or cyclic N) is 1. The molecule has 1 fully saturated rings. The lowest BCUT2D eigenvalue weighted by atomic mass is 10.1. The van der Waals surface area contributed by atoms with Crippen LogP contribution in [-0.4, -0.2) is 34.6 Å². The molecule has 4 nitrogen and oxygen atoms in total. The van der Waals surface area contributed by atoms with E-state index in [1.54, 1.807) is 6.92 Å². The Morgan fingerprint density at radius 1 is 1.50 bits per heavy atom. The topological polar surface area (TPSA) is 66.6 Å². The molecule has 0 bridgehead atoms. The molecule has 0 aliphatic carbocycles. The van der Waals surface area contributed by atoms with E-state index in [0.29, 0.717) is 13.0 Å². The number of nitrogen functional groups attached to an aromatic ring is 1. The van der Waals surface area contributed by atoms with Gasteiger partial charge in [0.1, 0.15) is 5.82 Å². The monoisotopic (exact) mass is 256 g/mol. The fourth-order valence-electron chi connectivity index (χ4n) is 2.05. The number of amides is 1. The van der Waals surface area contributed by atoms with Gasteiger partial charge in [0.25, 0.3) is 5.91 Å². The lowest BCUT2D eigenvalue weighted by molar-refractivity contribution is 0.0569. The second-order valence-corrected chi connectivity index (χ2v) is 4.83. The van der Waals surface area contributed by atoms with Gasteiger partial charge in [0.05, 0.1) is 16.9 Å². The van der Waals surface area contributed by atoms with Gasteiger partial charge in [0.15, 0.2) is 5.82 Å². The minimum absolute atomic E-state index is 0.0989. The smallest absolute Gasteiger partial charge is 0.257 e. The maximum atomic E-state index is 13.7. The van der Waals surface area contributed by atoms with Crippen molar-refractivity contribution in [3.05, 3.63) is 29.3 Å². The molecule has 0 spiro atoms. The van der Waals surface area contributed by atoms with Crippen LogP contribution in [0.5, 0.6) is 0 Å². The number of nitrogens with two attached hydrogens (primary N) is 1. The normalized spacial score (nSPS) is 23.4. The first-order valence-electron chi connectivity index (χ1n) is 5.56. The first-order valence-corrected chi connectivity index (χ1v) is 5.56. The highest BCUT2D eigenvalue weighted by Crippen LogP contribution is 2.25. The van der Waals surface area contributed by atoms with E-state index in [1.165, 1.54) is 4.90 Å². The molecular formula is C12H14F2N2O2. The van der Waals surface area contributed by atoms with Gasteiger partial charge in [-0.25, -0.2) is 8.78 Å². The van der Waals surface area contributed by atoms with E-state index < -0.39 is 34.4 Å². The van der Waals surface area contributed by atoms with Crippen molar-refractivity contribution in [2.24, 2.45) is 0 Å². The summed E-state index contributed by atoms with van der Waals surface area (Å²) in [6.07, 6.45) is 0.408. The van der Waals surface area contributed by atoms with Crippen LogP contribution in [0.4, 0.5) is 14.5 Å². The van der Waals surface area contributed by atoms with Crippen LogP contribution >= 0.6 is 0 Å². The molecule has 0 saturated carbocycles. The average Bonchev–Trinajstić information content (AvgIpc) is 2.63. The van der Waals surface area contributed by atoms with Crippen molar-refractivity contribution in [2.45, 2.75) is 18.9 Å². The maximum Gasteiger partial charge on any atom is 0.257 e. The Balaban J connectivity index is 2.30. The Bertz CT molecular complexity index is 503. The maximum absolute atomic E-state index is 13.7. The van der Waals surface area contributed by atoms with Crippen LogP contribution in [0.2, 0.25) is 0 Å². The van der Waals surface area contributed by atoms with Gasteiger partial charge in [0, 0.05) is 13.1 Å². The number of hydrogen-bond acceptors (Lipinski definition) is 3. The van der Waals surface area contributed by atoms with Crippen LogP contribution in [0, 0.1) is 11.6 Å². The molecule has 98 valence electrons. The number of benzene rings is 1. The van der Waals surface area contributed by atoms with Crippen LogP contribution in [0.1, 0.15) is 23.7 Å². The third-order valence-electron chi connectivity index (χ3n) is 3.03. The lowest BCUT2D eigenvalue weighted by Crippen LogP contribution is -2.34. The number of rotatable bonds is 1. The average molecular weight is 256 g/mol. The Kier molecular flexibility index (Phi) is 2.98. The molecule has 6 heteroatoms. The molecule has 18 heavy (non-hydrogen) atoms. The van der Waals surface area contributed by atoms with Gasteiger partial charge in [-0.1, -0.05) is 0 Å². The van der Waals surface area contributed by atoms with E-state index in [1.807, 2.05) is 0 Å². The number of hydrogen-bond donors (Lipinski definition) is 2. The summed E-state index contributed by atoms with van der Waals surface area (Å²) < 4.78 is 26.8. The van der Waals surface area contributed by atoms with E-state index in [9.17, 15) is 18.7 Å². The largest absolute Gasteiger partial charge is 0.396 e. The number of likely N-dealkylation sites (tertiary alicyclic amines) is 1. The van der Waals surface area contributed by atoms with E-state index in [0.717, 1.165) is 12.1 Å². The minimum Gasteiger partial charge on any atom is -0.396 e. The number of carbonyl (C=O) groups is 1. The van der Waals surface area contributed by atoms with Crippen LogP contribution in [0.3, 0.4) is 0 Å². The van der Waals surface area contributed by atoms with E-state index in [4.69, 9.17) is 5.73 Å². The van der Waals surface area contributed by atoms with Crippen molar-refractivity contribution in [3.63, 3.8) is 0 Å². The standard InChI is InChI=1S/C12H14F2N2O2/c1-12(18)2-3-16(6-12)11(17)8-4-7(13)5-9(15)10(8)14/h4-5,18H,2-3,6,15H2,1H3. The van der Waals surface area contributed by atoms with Gasteiger partial charge in [-0.3, -0.25) is 4.79 Å². The third kappa shape index (κ3) is 2.28. The Morgan fingerprint density at radius 2 is 2.17 bits per heavy atom. The Hall–Kier alpha value is -1.69. The zero-order valence-corrected chi connectivity index (χ0v) is 9.91. The van der Waals surface area contributed by atoms with Crippen LogP contribution < -0.4 is 5.73 Å². The summed E-state index contributed by atoms with van der Waals surface area (Å²) >= 11 is 0. The molecule has 1 aliphatic heterocycles. The van der Waals surface area contributed by atoms with Gasteiger partial charge in [-0.15, -0.1) is 0 Å². The highest BCUT2D eigenvalue weighted by Gasteiger charge is 2.35. The van der Waals surface area contributed by atoms with Gasteiger partial charge in [-0.2, -0.15) is 0 Å². The summed E-state index contributed by atoms with van der Waals surface area (Å²) in [6, 6.07) is 1.65. The van der Waals surface area contributed by atoms with Gasteiger partial charge >= 0.3 is 0 Å². The molecule has 1 atom stereocenters. The first-order chi connectivity index (χ1) is 8.30. The second kappa shape index (κ2) is 4.20. The van der Waals surface area contributed by atoms with Crippen LogP contribution in [-0.2, 0) is 0 Å². The van der Waals surface area contributed by atoms with Gasteiger partial charge in [-0.05, 0) is 25.5 Å². The van der Waals surface area contributed by atoms with E-state index in [-0.39, 0.29) is 6.54 Å². The molecule has 1 aliphatic rings. The Labute approximate surface area is 103 Å². The van der Waals surface area contributed by atoms with Gasteiger partial charge in [0.2, 0.25) is 0 Å². The zero-order valence-electron chi connectivity index (χ0n) is 9.91. The zero-order chi connectivity index (χ0) is 13.5. The predicted molar refractivity (Wildman–Crippen MR) is 61.9 cm³/mol. The number of aliphatic hydroxyl groups is 1. The summed E-state index contributed by atoms with van der Waals surface area (Å²) in [6.45, 7) is 2.00. The van der Waals surface area contributed by atoms with Crippen molar-refractivity contribution in [3.8, 4) is 0 Å². The highest BCUT2D eigenvalue weighted by atomic mass is 19.1. The molecule has 1 unspecified atom stereocenters. The summed E-state index contributed by atoms with van der Waals surface area (Å²) in [5.74, 6) is -2.34. The number of carbonyl (C=O) groups excluding carboxylic acids is 1. The van der Waals surface area contributed by atoms with Crippen molar-refractivity contribution >= 4 is 11.6 Å². The summed E-state index contributed by atoms with van der Waals surface area (Å²) in [7, 11) is 0. The van der Waals surface area contributed by atoms with Gasteiger partial charge < -0.3 is 15.7 Å². The van der Waals surface area contributed by atoms with Crippen molar-refractivity contribution < 1.29 is 18.7 Å². The molecular weight excluding hydrogens is 242 g/mol. The highest BCUT2D eigenvalue weighted by molar-refractivity contribution is 5.95. The van der Waals surface area contributed by atoms with Crippen molar-refractivity contribution in [1.82, 2.24) is 4.90 Å². The SMILES string of the molecule is CC1(O)CCN(C(=O)c2cc(F)cc(N)c2F)C1. The van der Waals surface area contributed by atoms with E-state index >= 15 is 0 Å². The first kappa shape index (κ1) is 12.8. The second-order valence-electron chi connectivity index (χ2n) is 4.83. The Morgan fingerprint density at radius 3 is 2.72 bits per heavy atom. The van der Waals surface area contributed by atoms with E-state index in [2.05, 4.69) is 0 Å². The minimum atomic E-state index is -0.981. The molecule has 3 N–H and O–H groups in total. The van der Waals surface area contributed by atoms with Crippen molar-refractivity contribution in [2.75, 3.05) is 18.8 Å². The fourth-order valence-corrected chi connectivity index (χ4v) is 2.05.